The summed E-state index contributed by atoms with van der Waals surface area (Å²) in [6, 6.07) is 0.721. The van der Waals surface area contributed by atoms with Crippen LogP contribution in [-0.2, 0) is 10.0 Å². The van der Waals surface area contributed by atoms with Crippen LogP contribution in [0.4, 0.5) is 0 Å². The van der Waals surface area contributed by atoms with Crippen molar-refractivity contribution in [3.8, 4) is 0 Å². The van der Waals surface area contributed by atoms with Crippen molar-refractivity contribution in [1.29, 1.82) is 0 Å². The zero-order valence-electron chi connectivity index (χ0n) is 11.1. The molecule has 0 aliphatic heterocycles. The van der Waals surface area contributed by atoms with Gasteiger partial charge in [0.15, 0.2) is 0 Å². The molecule has 0 aromatic heterocycles. The van der Waals surface area contributed by atoms with E-state index in [0.29, 0.717) is 12.3 Å². The van der Waals surface area contributed by atoms with E-state index < -0.39 is 10.0 Å². The molecular formula is C12H26N2O2S. The maximum Gasteiger partial charge on any atom is 0.213 e. The molecule has 0 heterocycles. The Morgan fingerprint density at radius 3 is 2.53 bits per heavy atom. The van der Waals surface area contributed by atoms with Crippen LogP contribution in [0.1, 0.15) is 45.4 Å². The minimum absolute atomic E-state index is 0.291. The van der Waals surface area contributed by atoms with Crippen LogP contribution in [-0.4, -0.2) is 44.7 Å². The van der Waals surface area contributed by atoms with E-state index in [4.69, 9.17) is 0 Å². The Bertz CT molecular complexity index is 300. The van der Waals surface area contributed by atoms with E-state index in [0.717, 1.165) is 38.3 Å². The van der Waals surface area contributed by atoms with Gasteiger partial charge in [-0.25, -0.2) is 12.7 Å². The van der Waals surface area contributed by atoms with Gasteiger partial charge >= 0.3 is 0 Å². The monoisotopic (exact) mass is 262 g/mol. The largest absolute Gasteiger partial charge is 0.314 e. The van der Waals surface area contributed by atoms with Crippen LogP contribution in [0.5, 0.6) is 0 Å². The zero-order chi connectivity index (χ0) is 12.7. The first-order valence-electron chi connectivity index (χ1n) is 6.73. The average molecular weight is 262 g/mol. The second kappa shape index (κ2) is 7.34. The van der Waals surface area contributed by atoms with Gasteiger partial charge in [-0.3, -0.25) is 0 Å². The van der Waals surface area contributed by atoms with Crippen molar-refractivity contribution in [2.24, 2.45) is 0 Å². The number of unbranched alkanes of at least 4 members (excludes halogenated alkanes) is 2. The summed E-state index contributed by atoms with van der Waals surface area (Å²) in [7, 11) is -1.32. The number of nitrogens with zero attached hydrogens (tertiary/aromatic N) is 1. The normalized spacial score (nSPS) is 16.6. The highest BCUT2D eigenvalue weighted by Gasteiger charge is 2.20. The molecule has 4 nitrogen and oxygen atoms in total. The molecule has 5 heteroatoms. The van der Waals surface area contributed by atoms with Gasteiger partial charge in [0.25, 0.3) is 0 Å². The molecule has 0 aromatic rings. The third-order valence-electron chi connectivity index (χ3n) is 3.14. The first-order chi connectivity index (χ1) is 8.06. The number of hydrogen-bond acceptors (Lipinski definition) is 3. The van der Waals surface area contributed by atoms with Gasteiger partial charge < -0.3 is 5.32 Å². The highest BCUT2D eigenvalue weighted by molar-refractivity contribution is 7.89. The molecule has 1 fully saturated rings. The van der Waals surface area contributed by atoms with Crippen molar-refractivity contribution in [2.45, 2.75) is 51.5 Å². The fourth-order valence-electron chi connectivity index (χ4n) is 1.68. The number of sulfonamides is 1. The maximum absolute atomic E-state index is 11.9. The zero-order valence-corrected chi connectivity index (χ0v) is 11.9. The fourth-order valence-corrected chi connectivity index (χ4v) is 2.97. The van der Waals surface area contributed by atoms with E-state index in [-0.39, 0.29) is 0 Å². The van der Waals surface area contributed by atoms with E-state index in [1.165, 1.54) is 17.1 Å². The van der Waals surface area contributed by atoms with Crippen LogP contribution in [0.25, 0.3) is 0 Å². The van der Waals surface area contributed by atoms with E-state index in [2.05, 4.69) is 12.2 Å². The summed E-state index contributed by atoms with van der Waals surface area (Å²) in [5.74, 6) is 0.291. The minimum atomic E-state index is -3.01. The summed E-state index contributed by atoms with van der Waals surface area (Å²) < 4.78 is 25.2. The molecule has 0 atom stereocenters. The van der Waals surface area contributed by atoms with Crippen LogP contribution in [0.3, 0.4) is 0 Å². The summed E-state index contributed by atoms with van der Waals surface area (Å²) >= 11 is 0. The van der Waals surface area contributed by atoms with E-state index in [1.807, 2.05) is 0 Å². The van der Waals surface area contributed by atoms with Gasteiger partial charge in [-0.2, -0.15) is 0 Å². The van der Waals surface area contributed by atoms with Gasteiger partial charge in [0.1, 0.15) is 0 Å². The van der Waals surface area contributed by atoms with E-state index in [9.17, 15) is 8.42 Å². The highest BCUT2D eigenvalue weighted by Crippen LogP contribution is 2.18. The molecule has 0 bridgehead atoms. The predicted molar refractivity (Wildman–Crippen MR) is 71.6 cm³/mol. The van der Waals surface area contributed by atoms with Gasteiger partial charge in [-0.05, 0) is 38.6 Å². The van der Waals surface area contributed by atoms with Crippen LogP contribution < -0.4 is 5.32 Å². The average Bonchev–Trinajstić information content (AvgIpc) is 3.09. The van der Waals surface area contributed by atoms with Crippen LogP contribution in [0.15, 0.2) is 0 Å². The van der Waals surface area contributed by atoms with Crippen molar-refractivity contribution in [3.63, 3.8) is 0 Å². The predicted octanol–water partition coefficient (Wildman–Crippen LogP) is 1.58. The summed E-state index contributed by atoms with van der Waals surface area (Å²) in [5.41, 5.74) is 0. The Morgan fingerprint density at radius 2 is 1.94 bits per heavy atom. The Balaban J connectivity index is 2.09. The summed E-state index contributed by atoms with van der Waals surface area (Å²) in [6.45, 7) is 3.68. The Labute approximate surface area is 106 Å². The quantitative estimate of drug-likeness (QED) is 0.608. The number of hydrogen-bond donors (Lipinski definition) is 1. The van der Waals surface area contributed by atoms with E-state index in [1.54, 1.807) is 7.05 Å². The van der Waals surface area contributed by atoms with Crippen molar-refractivity contribution >= 4 is 10.0 Å². The maximum atomic E-state index is 11.9. The van der Waals surface area contributed by atoms with Crippen molar-refractivity contribution in [2.75, 3.05) is 25.9 Å². The first kappa shape index (κ1) is 14.9. The molecular weight excluding hydrogens is 236 g/mol. The van der Waals surface area contributed by atoms with Crippen molar-refractivity contribution in [1.82, 2.24) is 9.62 Å². The lowest BCUT2D eigenvalue weighted by Crippen LogP contribution is -2.30. The summed E-state index contributed by atoms with van der Waals surface area (Å²) in [4.78, 5) is 0. The Kier molecular flexibility index (Phi) is 6.44. The molecule has 1 aliphatic carbocycles. The molecule has 0 saturated heterocycles. The third-order valence-corrected chi connectivity index (χ3v) is 5.08. The van der Waals surface area contributed by atoms with Crippen LogP contribution in [0, 0.1) is 0 Å². The minimum Gasteiger partial charge on any atom is -0.314 e. The summed E-state index contributed by atoms with van der Waals surface area (Å²) in [5, 5.41) is 3.40. The van der Waals surface area contributed by atoms with Gasteiger partial charge in [-0.15, -0.1) is 0 Å². The molecule has 1 saturated carbocycles. The van der Waals surface area contributed by atoms with Crippen molar-refractivity contribution < 1.29 is 8.42 Å². The smallest absolute Gasteiger partial charge is 0.213 e. The van der Waals surface area contributed by atoms with Gasteiger partial charge in [0.2, 0.25) is 10.0 Å². The van der Waals surface area contributed by atoms with Gasteiger partial charge in [0, 0.05) is 19.6 Å². The summed E-state index contributed by atoms with van der Waals surface area (Å²) in [6.07, 6.45) is 6.27. The molecule has 0 aromatic carbocycles. The topological polar surface area (TPSA) is 49.4 Å². The molecule has 1 N–H and O–H groups in total. The van der Waals surface area contributed by atoms with Crippen LogP contribution >= 0.6 is 0 Å². The van der Waals surface area contributed by atoms with Crippen molar-refractivity contribution in [3.05, 3.63) is 0 Å². The Hall–Kier alpha value is -0.130. The number of rotatable bonds is 10. The molecule has 1 aliphatic rings. The molecule has 0 amide bonds. The third kappa shape index (κ3) is 6.38. The molecule has 1 rings (SSSR count). The molecule has 0 unspecified atom stereocenters. The number of nitrogens with one attached hydrogen (secondary N) is 1. The Morgan fingerprint density at radius 1 is 1.24 bits per heavy atom. The van der Waals surface area contributed by atoms with Crippen LogP contribution in [0.2, 0.25) is 0 Å². The van der Waals surface area contributed by atoms with Gasteiger partial charge in [0.05, 0.1) is 5.75 Å². The lowest BCUT2D eigenvalue weighted by molar-refractivity contribution is 0.457. The highest BCUT2D eigenvalue weighted by atomic mass is 32.2. The standard InChI is InChI=1S/C12H26N2O2S/c1-3-4-10-14(2)17(15,16)11-6-5-9-13-12-7-8-12/h12-13H,3-11H2,1-2H3. The van der Waals surface area contributed by atoms with Gasteiger partial charge in [-0.1, -0.05) is 13.3 Å². The lowest BCUT2D eigenvalue weighted by Gasteiger charge is -2.16. The molecule has 17 heavy (non-hydrogen) atoms. The molecule has 0 radical (unpaired) electrons. The molecule has 0 spiro atoms. The second-order valence-electron chi connectivity index (χ2n) is 4.93. The van der Waals surface area contributed by atoms with E-state index >= 15 is 0 Å². The SMILES string of the molecule is CCCCN(C)S(=O)(=O)CCCCNC1CC1. The lowest BCUT2D eigenvalue weighted by atomic mass is 10.3. The fraction of sp³-hybridized carbons (Fsp3) is 1.00. The first-order valence-corrected chi connectivity index (χ1v) is 8.34. The molecule has 102 valence electrons. The second-order valence-corrected chi connectivity index (χ2v) is 7.12.